The number of rotatable bonds is 5. The van der Waals surface area contributed by atoms with Crippen molar-refractivity contribution in [2.45, 2.75) is 32.2 Å². The molecule has 2 saturated carbocycles. The van der Waals surface area contributed by atoms with Crippen LogP contribution in [0.2, 0.25) is 0 Å². The molecule has 1 aromatic carbocycles. The van der Waals surface area contributed by atoms with E-state index >= 15 is 0 Å². The minimum absolute atomic E-state index is 0.0914. The van der Waals surface area contributed by atoms with E-state index in [4.69, 9.17) is 0 Å². The minimum Gasteiger partial charge on any atom is -0.312 e. The molecule has 0 unspecified atom stereocenters. The van der Waals surface area contributed by atoms with Gasteiger partial charge in [-0.15, -0.1) is 0 Å². The van der Waals surface area contributed by atoms with E-state index < -0.39 is 0 Å². The summed E-state index contributed by atoms with van der Waals surface area (Å²) < 4.78 is 13.4. The summed E-state index contributed by atoms with van der Waals surface area (Å²) in [5.74, 6) is 0.881. The molecule has 0 radical (unpaired) electrons. The van der Waals surface area contributed by atoms with Crippen LogP contribution in [0.15, 0.2) is 24.3 Å². The summed E-state index contributed by atoms with van der Waals surface area (Å²) in [6.07, 6.45) is 5.59. The highest BCUT2D eigenvalue weighted by atomic mass is 19.1. The van der Waals surface area contributed by atoms with E-state index in [-0.39, 0.29) is 5.82 Å². The van der Waals surface area contributed by atoms with Gasteiger partial charge in [-0.3, -0.25) is 0 Å². The second-order valence-corrected chi connectivity index (χ2v) is 5.33. The van der Waals surface area contributed by atoms with Crippen LogP contribution in [0, 0.1) is 17.2 Å². The molecule has 1 nitrogen and oxygen atoms in total. The van der Waals surface area contributed by atoms with Crippen LogP contribution >= 0.6 is 0 Å². The molecule has 2 fully saturated rings. The molecule has 86 valence electrons. The highest BCUT2D eigenvalue weighted by Crippen LogP contribution is 2.60. The van der Waals surface area contributed by atoms with E-state index in [2.05, 4.69) is 5.32 Å². The van der Waals surface area contributed by atoms with Crippen molar-refractivity contribution in [3.05, 3.63) is 35.6 Å². The molecule has 0 spiro atoms. The summed E-state index contributed by atoms with van der Waals surface area (Å²) in [7, 11) is 0. The van der Waals surface area contributed by atoms with Crippen LogP contribution in [-0.2, 0) is 6.54 Å². The van der Waals surface area contributed by atoms with Gasteiger partial charge < -0.3 is 5.32 Å². The Bertz CT molecular complexity index is 380. The van der Waals surface area contributed by atoms with Gasteiger partial charge in [-0.2, -0.15) is 0 Å². The van der Waals surface area contributed by atoms with Gasteiger partial charge in [0.1, 0.15) is 5.82 Å². The average Bonchev–Trinajstić information content (AvgIpc) is 3.15. The first-order valence-electron chi connectivity index (χ1n) is 6.24. The van der Waals surface area contributed by atoms with Crippen LogP contribution in [0.4, 0.5) is 4.39 Å². The maximum absolute atomic E-state index is 13.4. The first-order valence-corrected chi connectivity index (χ1v) is 6.24. The van der Waals surface area contributed by atoms with Crippen molar-refractivity contribution in [3.63, 3.8) is 0 Å². The fourth-order valence-corrected chi connectivity index (χ4v) is 2.67. The van der Waals surface area contributed by atoms with Crippen molar-refractivity contribution < 1.29 is 4.39 Å². The standard InChI is InChI=1S/C14H18FN/c15-13-4-2-1-3-11(13)9-16-10-14(7-8-14)12-5-6-12/h1-4,12,16H,5-10H2. The summed E-state index contributed by atoms with van der Waals surface area (Å²) >= 11 is 0. The number of halogens is 1. The quantitative estimate of drug-likeness (QED) is 0.802. The zero-order valence-electron chi connectivity index (χ0n) is 9.51. The molecule has 1 aromatic rings. The topological polar surface area (TPSA) is 12.0 Å². The molecule has 0 heterocycles. The van der Waals surface area contributed by atoms with Crippen LogP contribution in [0.3, 0.4) is 0 Å². The summed E-state index contributed by atoms with van der Waals surface area (Å²) in [6.45, 7) is 1.74. The molecule has 2 heteroatoms. The second kappa shape index (κ2) is 3.85. The van der Waals surface area contributed by atoms with E-state index in [1.807, 2.05) is 12.1 Å². The van der Waals surface area contributed by atoms with E-state index in [1.165, 1.54) is 31.7 Å². The van der Waals surface area contributed by atoms with Crippen molar-refractivity contribution in [3.8, 4) is 0 Å². The summed E-state index contributed by atoms with van der Waals surface area (Å²) in [5, 5.41) is 3.43. The molecular formula is C14H18FN. The van der Waals surface area contributed by atoms with Crippen molar-refractivity contribution in [1.82, 2.24) is 5.32 Å². The normalized spacial score (nSPS) is 22.1. The highest BCUT2D eigenvalue weighted by Gasteiger charge is 2.53. The maximum Gasteiger partial charge on any atom is 0.127 e. The predicted molar refractivity (Wildman–Crippen MR) is 62.5 cm³/mol. The molecule has 1 N–H and O–H groups in total. The van der Waals surface area contributed by atoms with Gasteiger partial charge in [0.05, 0.1) is 0 Å². The van der Waals surface area contributed by atoms with E-state index in [1.54, 1.807) is 6.07 Å². The highest BCUT2D eigenvalue weighted by molar-refractivity contribution is 5.17. The third-order valence-electron chi connectivity index (χ3n) is 4.09. The molecule has 0 amide bonds. The Morgan fingerprint density at radius 3 is 2.62 bits per heavy atom. The maximum atomic E-state index is 13.4. The van der Waals surface area contributed by atoms with Crippen LogP contribution in [0.1, 0.15) is 31.2 Å². The van der Waals surface area contributed by atoms with Gasteiger partial charge in [0.25, 0.3) is 0 Å². The van der Waals surface area contributed by atoms with Crippen LogP contribution in [0.25, 0.3) is 0 Å². The zero-order valence-corrected chi connectivity index (χ0v) is 9.51. The predicted octanol–water partition coefficient (Wildman–Crippen LogP) is 3.11. The largest absolute Gasteiger partial charge is 0.312 e. The number of nitrogens with one attached hydrogen (secondary N) is 1. The van der Waals surface area contributed by atoms with Gasteiger partial charge in [-0.05, 0) is 43.1 Å². The number of hydrogen-bond acceptors (Lipinski definition) is 1. The molecule has 2 aliphatic carbocycles. The van der Waals surface area contributed by atoms with Crippen LogP contribution in [0.5, 0.6) is 0 Å². The SMILES string of the molecule is Fc1ccccc1CNCC1(C2CC2)CC1. The van der Waals surface area contributed by atoms with Gasteiger partial charge in [0.2, 0.25) is 0 Å². The molecule has 0 aliphatic heterocycles. The van der Waals surface area contributed by atoms with Gasteiger partial charge in [0, 0.05) is 18.7 Å². The van der Waals surface area contributed by atoms with E-state index in [9.17, 15) is 4.39 Å². The fraction of sp³-hybridized carbons (Fsp3) is 0.571. The lowest BCUT2D eigenvalue weighted by Gasteiger charge is -2.15. The Hall–Kier alpha value is -0.890. The average molecular weight is 219 g/mol. The van der Waals surface area contributed by atoms with Gasteiger partial charge in [0.15, 0.2) is 0 Å². The first kappa shape index (κ1) is 10.3. The molecule has 0 aromatic heterocycles. The minimum atomic E-state index is -0.0914. The van der Waals surface area contributed by atoms with Crippen LogP contribution in [-0.4, -0.2) is 6.54 Å². The van der Waals surface area contributed by atoms with Gasteiger partial charge >= 0.3 is 0 Å². The Balaban J connectivity index is 1.52. The molecule has 2 aliphatic rings. The smallest absolute Gasteiger partial charge is 0.127 e. The Morgan fingerprint density at radius 2 is 2.00 bits per heavy atom. The fourth-order valence-electron chi connectivity index (χ4n) is 2.67. The molecule has 0 atom stereocenters. The molecule has 3 rings (SSSR count). The molecule has 0 bridgehead atoms. The van der Waals surface area contributed by atoms with Crippen molar-refractivity contribution in [2.24, 2.45) is 11.3 Å². The van der Waals surface area contributed by atoms with E-state index in [0.717, 1.165) is 18.0 Å². The van der Waals surface area contributed by atoms with Crippen LogP contribution < -0.4 is 5.32 Å². The summed E-state index contributed by atoms with van der Waals surface area (Å²) in [5.41, 5.74) is 1.39. The molecular weight excluding hydrogens is 201 g/mol. The van der Waals surface area contributed by atoms with Crippen molar-refractivity contribution in [1.29, 1.82) is 0 Å². The monoisotopic (exact) mass is 219 g/mol. The molecule has 0 saturated heterocycles. The molecule has 16 heavy (non-hydrogen) atoms. The third kappa shape index (κ3) is 1.99. The van der Waals surface area contributed by atoms with Crippen molar-refractivity contribution >= 4 is 0 Å². The lowest BCUT2D eigenvalue weighted by molar-refractivity contribution is 0.401. The van der Waals surface area contributed by atoms with Gasteiger partial charge in [-0.25, -0.2) is 4.39 Å². The first-order chi connectivity index (χ1) is 7.80. The summed E-state index contributed by atoms with van der Waals surface area (Å²) in [4.78, 5) is 0. The van der Waals surface area contributed by atoms with Gasteiger partial charge in [-0.1, -0.05) is 18.2 Å². The number of benzene rings is 1. The second-order valence-electron chi connectivity index (χ2n) is 5.33. The van der Waals surface area contributed by atoms with Crippen molar-refractivity contribution in [2.75, 3.05) is 6.54 Å². The summed E-state index contributed by atoms with van der Waals surface area (Å²) in [6, 6.07) is 7.03. The lowest BCUT2D eigenvalue weighted by Crippen LogP contribution is -2.25. The Morgan fingerprint density at radius 1 is 1.25 bits per heavy atom. The Kier molecular flexibility index (Phi) is 2.47. The Labute approximate surface area is 96.1 Å². The third-order valence-corrected chi connectivity index (χ3v) is 4.09. The zero-order chi connectivity index (χ0) is 11.0. The number of hydrogen-bond donors (Lipinski definition) is 1. The lowest BCUT2D eigenvalue weighted by atomic mass is 10.0. The van der Waals surface area contributed by atoms with E-state index in [0.29, 0.717) is 12.0 Å².